The zero-order valence-corrected chi connectivity index (χ0v) is 13.8. The zero-order valence-electron chi connectivity index (χ0n) is 10.2. The van der Waals surface area contributed by atoms with Crippen LogP contribution < -0.4 is 0 Å². The van der Waals surface area contributed by atoms with Crippen LogP contribution in [0.5, 0.6) is 0 Å². The summed E-state index contributed by atoms with van der Waals surface area (Å²) in [7, 11) is 6.76. The van der Waals surface area contributed by atoms with Gasteiger partial charge in [0.1, 0.15) is 0 Å². The van der Waals surface area contributed by atoms with Crippen LogP contribution in [-0.4, -0.2) is 17.3 Å². The van der Waals surface area contributed by atoms with Crippen molar-refractivity contribution in [2.45, 2.75) is 53.8 Å². The Hall–Kier alpha value is 1.09. The standard InChI is InChI=1S/C10H17.2CH3.ClH.Sn/c1-9(2)8-4-6-10(9,3)7-5-8;;;;/h6,8H,4-5,7H2,1-3H3;2*1H3;1H;/q;;;;+1/p-1/t8-,10+;;;;/m0..../s1. The summed E-state index contributed by atoms with van der Waals surface area (Å²) in [5, 5.41) is 0. The zero-order chi connectivity index (χ0) is 10.8. The molecule has 2 heteroatoms. The van der Waals surface area contributed by atoms with Gasteiger partial charge >= 0.3 is 96.8 Å². The van der Waals surface area contributed by atoms with Gasteiger partial charge in [-0.3, -0.25) is 0 Å². The average Bonchev–Trinajstić information content (AvgIpc) is 2.32. The molecule has 2 rings (SSSR count). The normalized spacial score (nSPS) is 45.9. The van der Waals surface area contributed by atoms with Crippen LogP contribution in [-0.2, 0) is 0 Å². The van der Waals surface area contributed by atoms with Crippen molar-refractivity contribution < 1.29 is 0 Å². The van der Waals surface area contributed by atoms with E-state index in [1.165, 1.54) is 19.3 Å². The van der Waals surface area contributed by atoms with Crippen LogP contribution in [0.2, 0.25) is 13.8 Å². The van der Waals surface area contributed by atoms with Gasteiger partial charge in [-0.25, -0.2) is 0 Å². The van der Waals surface area contributed by atoms with Crippen molar-refractivity contribution in [2.75, 3.05) is 0 Å². The van der Waals surface area contributed by atoms with Crippen molar-refractivity contribution in [1.29, 1.82) is 0 Å². The van der Waals surface area contributed by atoms with Gasteiger partial charge in [-0.05, 0) is 0 Å². The summed E-state index contributed by atoms with van der Waals surface area (Å²) in [6, 6.07) is 0. The van der Waals surface area contributed by atoms with E-state index in [1.54, 1.807) is 0 Å². The number of rotatable bonds is 1. The molecule has 0 aliphatic heterocycles. The van der Waals surface area contributed by atoms with Crippen LogP contribution in [0.4, 0.5) is 0 Å². The van der Waals surface area contributed by atoms with E-state index in [0.717, 1.165) is 9.85 Å². The van der Waals surface area contributed by atoms with Gasteiger partial charge < -0.3 is 0 Å². The van der Waals surface area contributed by atoms with Crippen LogP contribution in [0.15, 0.2) is 0 Å². The van der Waals surface area contributed by atoms with Crippen molar-refractivity contribution in [3.63, 3.8) is 0 Å². The molecule has 14 heavy (non-hydrogen) atoms. The van der Waals surface area contributed by atoms with Gasteiger partial charge in [-0.15, -0.1) is 0 Å². The summed E-state index contributed by atoms with van der Waals surface area (Å²) >= 11 is -2.20. The monoisotopic (exact) mass is 322 g/mol. The van der Waals surface area contributed by atoms with Crippen molar-refractivity contribution in [2.24, 2.45) is 16.7 Å². The molecule has 0 radical (unpaired) electrons. The molecule has 0 aromatic carbocycles. The maximum atomic E-state index is 6.76. The Balaban J connectivity index is 2.37. The van der Waals surface area contributed by atoms with Crippen LogP contribution in [0.25, 0.3) is 0 Å². The van der Waals surface area contributed by atoms with Gasteiger partial charge in [0, 0.05) is 0 Å². The molecule has 0 heterocycles. The van der Waals surface area contributed by atoms with Crippen molar-refractivity contribution in [3.8, 4) is 0 Å². The molecule has 2 bridgehead atoms. The Kier molecular flexibility index (Phi) is 2.53. The van der Waals surface area contributed by atoms with Crippen LogP contribution in [0, 0.1) is 16.7 Å². The van der Waals surface area contributed by atoms with Gasteiger partial charge in [0.2, 0.25) is 0 Å². The topological polar surface area (TPSA) is 0 Å². The number of halogens is 1. The number of fused-ring (bicyclic) bond motifs is 2. The third-order valence-corrected chi connectivity index (χ3v) is 14.6. The van der Waals surface area contributed by atoms with Crippen molar-refractivity contribution >= 4 is 26.2 Å². The summed E-state index contributed by atoms with van der Waals surface area (Å²) in [6.07, 6.45) is 4.33. The van der Waals surface area contributed by atoms with Crippen molar-refractivity contribution in [3.05, 3.63) is 0 Å². The Morgan fingerprint density at radius 1 is 1.21 bits per heavy atom. The molecule has 2 aliphatic rings. The minimum absolute atomic E-state index is 0.556. The van der Waals surface area contributed by atoms with Gasteiger partial charge in [0.25, 0.3) is 0 Å². The third-order valence-electron chi connectivity index (χ3n) is 5.62. The second kappa shape index (κ2) is 3.06. The van der Waals surface area contributed by atoms with E-state index in [-0.39, 0.29) is 0 Å². The molecule has 0 unspecified atom stereocenters. The van der Waals surface area contributed by atoms with E-state index in [0.29, 0.717) is 10.8 Å². The molecule has 0 N–H and O–H groups in total. The number of hydrogen-bond acceptors (Lipinski definition) is 0. The van der Waals surface area contributed by atoms with Gasteiger partial charge in [0.15, 0.2) is 0 Å². The molecule has 0 spiro atoms. The first-order valence-corrected chi connectivity index (χ1v) is 16.9. The Morgan fingerprint density at radius 3 is 2.00 bits per heavy atom. The van der Waals surface area contributed by atoms with Gasteiger partial charge in [-0.1, -0.05) is 0 Å². The Labute approximate surface area is 96.4 Å². The molecule has 0 aromatic rings. The molecule has 82 valence electrons. The van der Waals surface area contributed by atoms with E-state index in [4.69, 9.17) is 8.92 Å². The van der Waals surface area contributed by atoms with E-state index in [2.05, 4.69) is 30.7 Å². The minimum atomic E-state index is -2.20. The summed E-state index contributed by atoms with van der Waals surface area (Å²) < 4.78 is 0.909. The predicted octanol–water partition coefficient (Wildman–Crippen LogP) is 4.65. The van der Waals surface area contributed by atoms with E-state index >= 15 is 0 Å². The fourth-order valence-electron chi connectivity index (χ4n) is 4.24. The summed E-state index contributed by atoms with van der Waals surface area (Å²) in [6.45, 7) is 7.49. The van der Waals surface area contributed by atoms with Crippen LogP contribution in [0.3, 0.4) is 0 Å². The molecule has 3 atom stereocenters. The Bertz CT molecular complexity index is 254. The van der Waals surface area contributed by atoms with E-state index in [1.807, 2.05) is 0 Å². The number of hydrogen-bond donors (Lipinski definition) is 0. The van der Waals surface area contributed by atoms with Gasteiger partial charge in [0.05, 0.1) is 0 Å². The summed E-state index contributed by atoms with van der Waals surface area (Å²) in [5.74, 6) is 0.965. The quantitative estimate of drug-likeness (QED) is 0.617. The summed E-state index contributed by atoms with van der Waals surface area (Å²) in [5.41, 5.74) is 1.12. The molecule has 0 amide bonds. The van der Waals surface area contributed by atoms with Crippen LogP contribution in [0.1, 0.15) is 40.0 Å². The fraction of sp³-hybridized carbons (Fsp3) is 1.00. The van der Waals surface area contributed by atoms with Crippen LogP contribution >= 0.6 is 8.92 Å². The van der Waals surface area contributed by atoms with E-state index in [9.17, 15) is 0 Å². The molecule has 0 saturated heterocycles. The van der Waals surface area contributed by atoms with E-state index < -0.39 is 17.3 Å². The maximum absolute atomic E-state index is 6.76. The second-order valence-corrected chi connectivity index (χ2v) is 24.2. The Morgan fingerprint density at radius 2 is 1.79 bits per heavy atom. The summed E-state index contributed by atoms with van der Waals surface area (Å²) in [4.78, 5) is 4.81. The first-order valence-electron chi connectivity index (χ1n) is 5.88. The average molecular weight is 321 g/mol. The fourth-order valence-corrected chi connectivity index (χ4v) is 14.7. The molecule has 2 fully saturated rings. The first kappa shape index (κ1) is 11.6. The van der Waals surface area contributed by atoms with Gasteiger partial charge in [-0.2, -0.15) is 0 Å². The second-order valence-electron chi connectivity index (χ2n) is 6.73. The molecule has 0 aromatic heterocycles. The molecule has 2 saturated carbocycles. The van der Waals surface area contributed by atoms with Crippen molar-refractivity contribution in [1.82, 2.24) is 0 Å². The third kappa shape index (κ3) is 1.32. The molecular formula is C12H23ClSn. The SMILES string of the molecule is CC1(C)[C@@H]2CC[C@@]1(C)[C@H]([Sn]([CH3])([CH3])[Cl])C2. The predicted molar refractivity (Wildman–Crippen MR) is 66.3 cm³/mol. The molecule has 0 nitrogen and oxygen atoms in total. The molecular weight excluding hydrogens is 298 g/mol. The molecule has 2 aliphatic carbocycles. The first-order chi connectivity index (χ1) is 6.19.